The Kier molecular flexibility index (Phi) is 5.83. The Balaban J connectivity index is 1.53. The van der Waals surface area contributed by atoms with Crippen LogP contribution in [0.1, 0.15) is 29.7 Å². The van der Waals surface area contributed by atoms with Crippen LogP contribution in [-0.4, -0.2) is 47.1 Å². The van der Waals surface area contributed by atoms with Crippen molar-refractivity contribution in [1.29, 1.82) is 5.26 Å². The normalized spacial score (nSPS) is 20.1. The highest BCUT2D eigenvalue weighted by molar-refractivity contribution is 5.32. The summed E-state index contributed by atoms with van der Waals surface area (Å²) in [6.45, 7) is 6.82. The van der Waals surface area contributed by atoms with E-state index in [1.165, 1.54) is 5.56 Å². The van der Waals surface area contributed by atoms with E-state index in [1.807, 2.05) is 12.1 Å². The zero-order chi connectivity index (χ0) is 17.6. The van der Waals surface area contributed by atoms with Gasteiger partial charge in [-0.15, -0.1) is 0 Å². The van der Waals surface area contributed by atoms with Gasteiger partial charge in [0.15, 0.2) is 0 Å². The zero-order valence-electron chi connectivity index (χ0n) is 14.7. The molecular weight excluding hydrogens is 310 g/mol. The third-order valence-corrected chi connectivity index (χ3v) is 4.93. The molecule has 1 aliphatic rings. The van der Waals surface area contributed by atoms with Gasteiger partial charge in [-0.3, -0.25) is 9.80 Å². The van der Waals surface area contributed by atoms with Gasteiger partial charge in [0, 0.05) is 38.8 Å². The lowest BCUT2D eigenvalue weighted by Gasteiger charge is -2.40. The van der Waals surface area contributed by atoms with Crippen LogP contribution in [0.2, 0.25) is 0 Å². The Labute approximate surface area is 149 Å². The Hall–Kier alpha value is -2.19. The van der Waals surface area contributed by atoms with Crippen molar-refractivity contribution in [3.05, 3.63) is 71.3 Å². The van der Waals surface area contributed by atoms with Gasteiger partial charge < -0.3 is 5.11 Å². The van der Waals surface area contributed by atoms with Crippen LogP contribution in [-0.2, 0) is 6.54 Å². The first-order chi connectivity index (χ1) is 12.2. The predicted octanol–water partition coefficient (Wildman–Crippen LogP) is 2.80. The van der Waals surface area contributed by atoms with Gasteiger partial charge in [0.2, 0.25) is 0 Å². The molecule has 0 aliphatic carbocycles. The number of piperazine rings is 1. The number of benzene rings is 2. The van der Waals surface area contributed by atoms with E-state index in [-0.39, 0.29) is 0 Å². The van der Waals surface area contributed by atoms with Crippen molar-refractivity contribution in [3.8, 4) is 6.07 Å². The van der Waals surface area contributed by atoms with Crippen LogP contribution in [0.3, 0.4) is 0 Å². The van der Waals surface area contributed by atoms with Crippen LogP contribution < -0.4 is 0 Å². The molecule has 4 heteroatoms. The third kappa shape index (κ3) is 4.67. The molecule has 2 aromatic rings. The van der Waals surface area contributed by atoms with Crippen LogP contribution in [0.4, 0.5) is 0 Å². The lowest BCUT2D eigenvalue weighted by atomic mass is 10.1. The number of aliphatic hydroxyl groups is 1. The zero-order valence-corrected chi connectivity index (χ0v) is 14.7. The molecule has 1 saturated heterocycles. The highest BCUT2D eigenvalue weighted by atomic mass is 16.3. The van der Waals surface area contributed by atoms with Crippen LogP contribution in [0.25, 0.3) is 0 Å². The summed E-state index contributed by atoms with van der Waals surface area (Å²) in [5.41, 5.74) is 2.84. The first-order valence-electron chi connectivity index (χ1n) is 8.84. The first-order valence-corrected chi connectivity index (χ1v) is 8.84. The highest BCUT2D eigenvalue weighted by Crippen LogP contribution is 2.19. The lowest BCUT2D eigenvalue weighted by Crippen LogP contribution is -2.52. The smallest absolute Gasteiger partial charge is 0.0991 e. The summed E-state index contributed by atoms with van der Waals surface area (Å²) >= 11 is 0. The van der Waals surface area contributed by atoms with Crippen LogP contribution >= 0.6 is 0 Å². The van der Waals surface area contributed by atoms with Gasteiger partial charge in [-0.2, -0.15) is 5.26 Å². The minimum atomic E-state index is -0.518. The van der Waals surface area contributed by atoms with Crippen molar-refractivity contribution < 1.29 is 5.11 Å². The summed E-state index contributed by atoms with van der Waals surface area (Å²) in [5.74, 6) is 0. The summed E-state index contributed by atoms with van der Waals surface area (Å²) in [5, 5.41) is 19.4. The lowest BCUT2D eigenvalue weighted by molar-refractivity contribution is 0.0362. The minimum Gasteiger partial charge on any atom is -0.387 e. The standard InChI is InChI=1S/C21H25N3O/c1-17-14-23(15-19-5-3-2-4-6-19)11-12-24(17)16-21(25)20-9-7-18(13-22)8-10-20/h2-10,17,21,25H,11-12,14-16H2,1H3/t17-,21?/m1/s1. The summed E-state index contributed by atoms with van der Waals surface area (Å²) in [4.78, 5) is 4.83. The molecule has 0 spiro atoms. The molecule has 2 aromatic carbocycles. The van der Waals surface area contributed by atoms with Gasteiger partial charge in [0.05, 0.1) is 17.7 Å². The molecule has 0 aromatic heterocycles. The molecule has 0 bridgehead atoms. The Morgan fingerprint density at radius 3 is 2.48 bits per heavy atom. The van der Waals surface area contributed by atoms with Crippen molar-refractivity contribution in [2.75, 3.05) is 26.2 Å². The number of nitrogens with zero attached hydrogens (tertiary/aromatic N) is 3. The largest absolute Gasteiger partial charge is 0.387 e. The van der Waals surface area contributed by atoms with E-state index < -0.39 is 6.10 Å². The maximum absolute atomic E-state index is 10.5. The molecule has 0 amide bonds. The molecule has 2 atom stereocenters. The minimum absolute atomic E-state index is 0.408. The quantitative estimate of drug-likeness (QED) is 0.913. The molecule has 1 aliphatic heterocycles. The Morgan fingerprint density at radius 1 is 1.12 bits per heavy atom. The van der Waals surface area contributed by atoms with E-state index in [0.717, 1.165) is 31.7 Å². The Bertz CT molecular complexity index is 708. The van der Waals surface area contributed by atoms with Crippen molar-refractivity contribution >= 4 is 0 Å². The van der Waals surface area contributed by atoms with Crippen molar-refractivity contribution in [1.82, 2.24) is 9.80 Å². The number of nitriles is 1. The summed E-state index contributed by atoms with van der Waals surface area (Å²) in [6.07, 6.45) is -0.518. The van der Waals surface area contributed by atoms with Crippen molar-refractivity contribution in [2.45, 2.75) is 25.6 Å². The molecule has 1 N–H and O–H groups in total. The Morgan fingerprint density at radius 2 is 1.84 bits per heavy atom. The highest BCUT2D eigenvalue weighted by Gasteiger charge is 2.25. The van der Waals surface area contributed by atoms with E-state index in [0.29, 0.717) is 18.2 Å². The van der Waals surface area contributed by atoms with Gasteiger partial charge in [-0.25, -0.2) is 0 Å². The van der Waals surface area contributed by atoms with Crippen LogP contribution in [0, 0.1) is 11.3 Å². The molecule has 3 rings (SSSR count). The average molecular weight is 335 g/mol. The second-order valence-electron chi connectivity index (χ2n) is 6.81. The summed E-state index contributed by atoms with van der Waals surface area (Å²) in [7, 11) is 0. The molecule has 0 radical (unpaired) electrons. The van der Waals surface area contributed by atoms with E-state index in [9.17, 15) is 5.11 Å². The molecule has 1 heterocycles. The fraction of sp³-hybridized carbons (Fsp3) is 0.381. The molecule has 4 nitrogen and oxygen atoms in total. The molecule has 130 valence electrons. The van der Waals surface area contributed by atoms with Gasteiger partial charge in [0.1, 0.15) is 0 Å². The van der Waals surface area contributed by atoms with Crippen molar-refractivity contribution in [3.63, 3.8) is 0 Å². The van der Waals surface area contributed by atoms with E-state index in [4.69, 9.17) is 5.26 Å². The molecule has 1 unspecified atom stereocenters. The predicted molar refractivity (Wildman–Crippen MR) is 98.9 cm³/mol. The van der Waals surface area contributed by atoms with Gasteiger partial charge in [-0.05, 0) is 30.2 Å². The van der Waals surface area contributed by atoms with Gasteiger partial charge in [0.25, 0.3) is 0 Å². The fourth-order valence-corrected chi connectivity index (χ4v) is 3.43. The SMILES string of the molecule is C[C@@H]1CN(Cc2ccccc2)CCN1CC(O)c1ccc(C#N)cc1. The van der Waals surface area contributed by atoms with E-state index in [2.05, 4.69) is 53.1 Å². The number of aliphatic hydroxyl groups excluding tert-OH is 1. The molecule has 0 saturated carbocycles. The number of β-amino-alcohol motifs (C(OH)–C–C–N with tert-alkyl or cyclic N) is 1. The van der Waals surface area contributed by atoms with Crippen molar-refractivity contribution in [2.24, 2.45) is 0 Å². The topological polar surface area (TPSA) is 50.5 Å². The second kappa shape index (κ2) is 8.26. The summed E-state index contributed by atoms with van der Waals surface area (Å²) in [6, 6.07) is 20.3. The van der Waals surface area contributed by atoms with Crippen LogP contribution in [0.5, 0.6) is 0 Å². The average Bonchev–Trinajstić information content (AvgIpc) is 2.65. The monoisotopic (exact) mass is 335 g/mol. The first kappa shape index (κ1) is 17.6. The number of rotatable bonds is 5. The molecule has 1 fully saturated rings. The number of hydrogen-bond acceptors (Lipinski definition) is 4. The maximum atomic E-state index is 10.5. The number of hydrogen-bond donors (Lipinski definition) is 1. The third-order valence-electron chi connectivity index (χ3n) is 4.93. The maximum Gasteiger partial charge on any atom is 0.0991 e. The molecular formula is C21H25N3O. The van der Waals surface area contributed by atoms with E-state index in [1.54, 1.807) is 12.1 Å². The van der Waals surface area contributed by atoms with Gasteiger partial charge in [-0.1, -0.05) is 42.5 Å². The fourth-order valence-electron chi connectivity index (χ4n) is 3.43. The van der Waals surface area contributed by atoms with E-state index >= 15 is 0 Å². The van der Waals surface area contributed by atoms with Crippen LogP contribution in [0.15, 0.2) is 54.6 Å². The molecule has 25 heavy (non-hydrogen) atoms. The summed E-state index contributed by atoms with van der Waals surface area (Å²) < 4.78 is 0. The second-order valence-corrected chi connectivity index (χ2v) is 6.81. The van der Waals surface area contributed by atoms with Gasteiger partial charge >= 0.3 is 0 Å².